The maximum atomic E-state index is 12.8. The van der Waals surface area contributed by atoms with E-state index >= 15 is 0 Å². The van der Waals surface area contributed by atoms with Gasteiger partial charge in [-0.25, -0.2) is 0 Å². The van der Waals surface area contributed by atoms with Gasteiger partial charge >= 0.3 is 0 Å². The number of benzene rings is 3. The minimum atomic E-state index is -0.521. The number of nitrogens with zero attached hydrogens (tertiary/aromatic N) is 2. The number of rotatable bonds is 7. The van der Waals surface area contributed by atoms with Crippen LogP contribution in [-0.4, -0.2) is 21.0 Å². The van der Waals surface area contributed by atoms with E-state index in [0.29, 0.717) is 17.9 Å². The summed E-state index contributed by atoms with van der Waals surface area (Å²) in [5.74, 6) is 0.223. The summed E-state index contributed by atoms with van der Waals surface area (Å²) in [5, 5.41) is 10.8. The molecule has 3 aromatic carbocycles. The number of thioether (sulfide) groups is 1. The van der Waals surface area contributed by atoms with Crippen molar-refractivity contribution in [3.63, 3.8) is 0 Å². The fourth-order valence-corrected chi connectivity index (χ4v) is 4.25. The molecule has 3 aromatic rings. The molecule has 8 heteroatoms. The van der Waals surface area contributed by atoms with E-state index in [2.05, 4.69) is 6.07 Å². The van der Waals surface area contributed by atoms with Crippen LogP contribution in [0.4, 0.5) is 10.5 Å². The van der Waals surface area contributed by atoms with Crippen molar-refractivity contribution in [3.05, 3.63) is 110 Å². The summed E-state index contributed by atoms with van der Waals surface area (Å²) in [5.41, 5.74) is 3.17. The summed E-state index contributed by atoms with van der Waals surface area (Å²) < 4.78 is 5.81. The van der Waals surface area contributed by atoms with Crippen LogP contribution in [0.3, 0.4) is 0 Å². The third-order valence-corrected chi connectivity index (χ3v) is 5.96. The van der Waals surface area contributed by atoms with Crippen molar-refractivity contribution >= 4 is 34.7 Å². The highest BCUT2D eigenvalue weighted by Crippen LogP contribution is 2.34. The molecule has 0 N–H and O–H groups in total. The van der Waals surface area contributed by atoms with E-state index in [-0.39, 0.29) is 17.1 Å². The molecule has 166 valence electrons. The van der Waals surface area contributed by atoms with Gasteiger partial charge < -0.3 is 4.74 Å². The van der Waals surface area contributed by atoms with Gasteiger partial charge in [0.1, 0.15) is 12.4 Å². The number of amides is 2. The van der Waals surface area contributed by atoms with Crippen molar-refractivity contribution in [2.75, 3.05) is 0 Å². The zero-order chi connectivity index (χ0) is 23.4. The largest absolute Gasteiger partial charge is 0.489 e. The molecule has 0 atom stereocenters. The first kappa shape index (κ1) is 22.3. The number of nitro groups is 1. The average molecular weight is 461 g/mol. The fourth-order valence-electron chi connectivity index (χ4n) is 3.41. The van der Waals surface area contributed by atoms with Gasteiger partial charge in [-0.3, -0.25) is 24.6 Å². The van der Waals surface area contributed by atoms with E-state index in [1.54, 1.807) is 36.4 Å². The Morgan fingerprint density at radius 3 is 2.52 bits per heavy atom. The molecular formula is C25H20N2O5S. The molecule has 1 heterocycles. The monoisotopic (exact) mass is 460 g/mol. The van der Waals surface area contributed by atoms with Gasteiger partial charge in [-0.15, -0.1) is 0 Å². The smallest absolute Gasteiger partial charge is 0.293 e. The second kappa shape index (κ2) is 9.70. The Morgan fingerprint density at radius 2 is 1.79 bits per heavy atom. The molecule has 0 radical (unpaired) electrons. The minimum absolute atomic E-state index is 0.123. The van der Waals surface area contributed by atoms with E-state index in [0.717, 1.165) is 27.8 Å². The minimum Gasteiger partial charge on any atom is -0.489 e. The first-order chi connectivity index (χ1) is 15.9. The molecule has 1 fully saturated rings. The van der Waals surface area contributed by atoms with Crippen molar-refractivity contribution in [2.45, 2.75) is 20.1 Å². The third-order valence-electron chi connectivity index (χ3n) is 5.06. The number of hydrogen-bond acceptors (Lipinski definition) is 6. The van der Waals surface area contributed by atoms with Crippen LogP contribution in [0.1, 0.15) is 22.3 Å². The number of para-hydroxylation sites is 1. The summed E-state index contributed by atoms with van der Waals surface area (Å²) in [7, 11) is 0. The zero-order valence-electron chi connectivity index (χ0n) is 17.8. The number of hydrogen-bond donors (Lipinski definition) is 0. The molecule has 0 unspecified atom stereocenters. The first-order valence-electron chi connectivity index (χ1n) is 10.2. The Bertz CT molecular complexity index is 1250. The zero-order valence-corrected chi connectivity index (χ0v) is 18.6. The van der Waals surface area contributed by atoms with Crippen molar-refractivity contribution in [1.82, 2.24) is 4.90 Å². The van der Waals surface area contributed by atoms with Crippen LogP contribution < -0.4 is 4.74 Å². The van der Waals surface area contributed by atoms with Gasteiger partial charge in [0.15, 0.2) is 0 Å². The lowest BCUT2D eigenvalue weighted by Crippen LogP contribution is -2.27. The standard InChI is InChI=1S/C25H20N2O5S/c1-17-5-4-6-19(13-17)16-32-21-11-9-18(10-12-21)14-23-24(28)26(25(29)33-23)15-20-7-2-3-8-22(20)27(30)31/h2-14H,15-16H2,1H3/b23-14-. The molecule has 4 rings (SSSR count). The van der Waals surface area contributed by atoms with E-state index in [1.165, 1.54) is 11.6 Å². The Labute approximate surface area is 194 Å². The van der Waals surface area contributed by atoms with E-state index in [4.69, 9.17) is 4.74 Å². The molecule has 0 aliphatic carbocycles. The summed E-state index contributed by atoms with van der Waals surface area (Å²) in [6.45, 7) is 2.33. The van der Waals surface area contributed by atoms with Gasteiger partial charge in [0.2, 0.25) is 0 Å². The number of nitro benzene ring substituents is 1. The van der Waals surface area contributed by atoms with Gasteiger partial charge in [0.05, 0.1) is 16.4 Å². The van der Waals surface area contributed by atoms with Gasteiger partial charge in [0, 0.05) is 11.6 Å². The highest BCUT2D eigenvalue weighted by molar-refractivity contribution is 8.18. The van der Waals surface area contributed by atoms with Gasteiger partial charge in [-0.1, -0.05) is 60.2 Å². The molecule has 0 spiro atoms. The quantitative estimate of drug-likeness (QED) is 0.255. The third kappa shape index (κ3) is 5.30. The molecule has 33 heavy (non-hydrogen) atoms. The summed E-state index contributed by atoms with van der Waals surface area (Å²) in [6.07, 6.45) is 1.63. The van der Waals surface area contributed by atoms with Crippen molar-refractivity contribution < 1.29 is 19.2 Å². The van der Waals surface area contributed by atoms with Crippen molar-refractivity contribution in [2.24, 2.45) is 0 Å². The van der Waals surface area contributed by atoms with Crippen LogP contribution in [-0.2, 0) is 17.9 Å². The fraction of sp³-hybridized carbons (Fsp3) is 0.120. The van der Waals surface area contributed by atoms with Crippen molar-refractivity contribution in [1.29, 1.82) is 0 Å². The van der Waals surface area contributed by atoms with Gasteiger partial charge in [-0.05, 0) is 48.0 Å². The Hall–Kier alpha value is -3.91. The van der Waals surface area contributed by atoms with Crippen LogP contribution >= 0.6 is 11.8 Å². The number of ether oxygens (including phenoxy) is 1. The molecule has 0 saturated carbocycles. The van der Waals surface area contributed by atoms with Crippen LogP contribution in [0.25, 0.3) is 6.08 Å². The topological polar surface area (TPSA) is 89.8 Å². The maximum Gasteiger partial charge on any atom is 0.293 e. The van der Waals surface area contributed by atoms with Crippen LogP contribution in [0.5, 0.6) is 5.75 Å². The average Bonchev–Trinajstić information content (AvgIpc) is 3.06. The summed E-state index contributed by atoms with van der Waals surface area (Å²) in [6, 6.07) is 21.4. The van der Waals surface area contributed by atoms with Gasteiger partial charge in [0.25, 0.3) is 16.8 Å². The highest BCUT2D eigenvalue weighted by atomic mass is 32.2. The number of imide groups is 1. The van der Waals surface area contributed by atoms with Gasteiger partial charge in [-0.2, -0.15) is 0 Å². The van der Waals surface area contributed by atoms with Crippen LogP contribution in [0, 0.1) is 17.0 Å². The molecule has 1 aliphatic rings. The number of aryl methyl sites for hydroxylation is 1. The van der Waals surface area contributed by atoms with E-state index in [9.17, 15) is 19.7 Å². The predicted molar refractivity (Wildman–Crippen MR) is 127 cm³/mol. The molecule has 7 nitrogen and oxygen atoms in total. The molecule has 2 amide bonds. The number of carbonyl (C=O) groups is 2. The van der Waals surface area contributed by atoms with Crippen molar-refractivity contribution in [3.8, 4) is 5.75 Å². The molecule has 1 aliphatic heterocycles. The van der Waals surface area contributed by atoms with E-state index < -0.39 is 16.1 Å². The lowest BCUT2D eigenvalue weighted by Gasteiger charge is -2.12. The maximum absolute atomic E-state index is 12.8. The van der Waals surface area contributed by atoms with Crippen LogP contribution in [0.2, 0.25) is 0 Å². The Morgan fingerprint density at radius 1 is 1.03 bits per heavy atom. The Balaban J connectivity index is 1.43. The summed E-state index contributed by atoms with van der Waals surface area (Å²) >= 11 is 0.821. The first-order valence-corrected chi connectivity index (χ1v) is 11.0. The SMILES string of the molecule is Cc1cccc(COc2ccc(/C=C3\SC(=O)N(Cc4ccccc4[N+](=O)[O-])C3=O)cc2)c1. The lowest BCUT2D eigenvalue weighted by atomic mass is 10.1. The summed E-state index contributed by atoms with van der Waals surface area (Å²) in [4.78, 5) is 37.2. The molecule has 0 bridgehead atoms. The second-order valence-corrected chi connectivity index (χ2v) is 8.49. The predicted octanol–water partition coefficient (Wildman–Crippen LogP) is 5.72. The van der Waals surface area contributed by atoms with Crippen LogP contribution in [0.15, 0.2) is 77.7 Å². The Kier molecular flexibility index (Phi) is 6.55. The second-order valence-electron chi connectivity index (χ2n) is 7.50. The lowest BCUT2D eigenvalue weighted by molar-refractivity contribution is -0.385. The molecule has 1 saturated heterocycles. The number of carbonyl (C=O) groups excluding carboxylic acids is 2. The highest BCUT2D eigenvalue weighted by Gasteiger charge is 2.36. The normalized spacial score (nSPS) is 14.7. The van der Waals surface area contributed by atoms with E-state index in [1.807, 2.05) is 37.3 Å². The molecule has 0 aromatic heterocycles. The molecular weight excluding hydrogens is 440 g/mol.